The smallest absolute Gasteiger partial charge is 0.0245 e. The Morgan fingerprint density at radius 3 is 2.02 bits per heavy atom. The van der Waals surface area contributed by atoms with E-state index in [-0.39, 0.29) is 0 Å². The number of rotatable bonds is 10. The largest absolute Gasteiger partial charge is 0.115 e. The quantitative estimate of drug-likeness (QED) is 0.141. The van der Waals surface area contributed by atoms with E-state index in [9.17, 15) is 0 Å². The lowest BCUT2D eigenvalue weighted by Gasteiger charge is -2.35. The summed E-state index contributed by atoms with van der Waals surface area (Å²) < 4.78 is 0. The molecule has 0 heterocycles. The van der Waals surface area contributed by atoms with Crippen molar-refractivity contribution in [3.63, 3.8) is 0 Å². The summed E-state index contributed by atoms with van der Waals surface area (Å²) in [6, 6.07) is 37.0. The first-order chi connectivity index (χ1) is 20.1. The average molecular weight is 533 g/mol. The topological polar surface area (TPSA) is 0 Å². The zero-order chi connectivity index (χ0) is 28.4. The highest BCUT2D eigenvalue weighted by Gasteiger charge is 2.30. The van der Waals surface area contributed by atoms with Crippen molar-refractivity contribution in [2.75, 3.05) is 0 Å². The van der Waals surface area contributed by atoms with Gasteiger partial charge in [-0.3, -0.25) is 0 Å². The summed E-state index contributed by atoms with van der Waals surface area (Å²) in [6.45, 7) is 4.70. The molecule has 0 bridgehead atoms. The van der Waals surface area contributed by atoms with Crippen LogP contribution in [0.2, 0.25) is 0 Å². The van der Waals surface area contributed by atoms with Crippen LogP contribution in [-0.2, 0) is 19.3 Å². The highest BCUT2D eigenvalue weighted by Crippen LogP contribution is 2.43. The summed E-state index contributed by atoms with van der Waals surface area (Å²) in [5.41, 5.74) is 10.0. The van der Waals surface area contributed by atoms with Crippen molar-refractivity contribution in [2.24, 2.45) is 11.8 Å². The molecule has 0 spiro atoms. The zero-order valence-electron chi connectivity index (χ0n) is 24.1. The van der Waals surface area contributed by atoms with Crippen LogP contribution in [-0.4, -0.2) is 0 Å². The van der Waals surface area contributed by atoms with E-state index in [4.69, 9.17) is 19.4 Å². The molecule has 1 fully saturated rings. The first-order valence-electron chi connectivity index (χ1n) is 15.0. The normalized spacial score (nSPS) is 17.2. The van der Waals surface area contributed by atoms with Gasteiger partial charge in [0.2, 0.25) is 0 Å². The lowest BCUT2D eigenvalue weighted by molar-refractivity contribution is 0.252. The van der Waals surface area contributed by atoms with Gasteiger partial charge < -0.3 is 0 Å². The molecular formula is C41H40. The van der Waals surface area contributed by atoms with Gasteiger partial charge in [-0.05, 0) is 115 Å². The minimum atomic E-state index is 0.397. The molecule has 41 heavy (non-hydrogen) atoms. The molecule has 0 saturated heterocycles. The fourth-order valence-electron chi connectivity index (χ4n) is 6.59. The van der Waals surface area contributed by atoms with E-state index in [1.165, 1.54) is 59.1 Å². The van der Waals surface area contributed by atoms with Crippen molar-refractivity contribution in [3.05, 3.63) is 154 Å². The van der Waals surface area contributed by atoms with E-state index in [0.717, 1.165) is 42.7 Å². The monoisotopic (exact) mass is 532 g/mol. The fraction of sp³-hybridized carbons (Fsp3) is 0.268. The third-order valence-corrected chi connectivity index (χ3v) is 8.87. The van der Waals surface area contributed by atoms with Crippen LogP contribution in [0.15, 0.2) is 115 Å². The van der Waals surface area contributed by atoms with E-state index in [0.29, 0.717) is 11.8 Å². The van der Waals surface area contributed by atoms with Crippen LogP contribution >= 0.6 is 0 Å². The predicted octanol–water partition coefficient (Wildman–Crippen LogP) is 9.56. The minimum Gasteiger partial charge on any atom is -0.115 e. The van der Waals surface area contributed by atoms with Crippen molar-refractivity contribution >= 4 is 0 Å². The SMILES string of the molecule is C#Cc1ccc(CC2CCC(C(C(=C)CCc3ccccc3)c3ccc(Cc4cccc(C#C)c4)cc3)CC2)cc1. The van der Waals surface area contributed by atoms with E-state index in [1.54, 1.807) is 0 Å². The third kappa shape index (κ3) is 7.69. The number of hydrogen-bond donors (Lipinski definition) is 0. The van der Waals surface area contributed by atoms with Gasteiger partial charge in [-0.1, -0.05) is 103 Å². The number of hydrogen-bond acceptors (Lipinski definition) is 0. The third-order valence-electron chi connectivity index (χ3n) is 8.87. The van der Waals surface area contributed by atoms with Gasteiger partial charge in [-0.15, -0.1) is 12.8 Å². The number of benzene rings is 4. The van der Waals surface area contributed by atoms with Gasteiger partial charge in [0.25, 0.3) is 0 Å². The van der Waals surface area contributed by atoms with Gasteiger partial charge in [0.05, 0.1) is 0 Å². The Morgan fingerprint density at radius 2 is 1.34 bits per heavy atom. The fourth-order valence-corrected chi connectivity index (χ4v) is 6.59. The Labute approximate surface area is 247 Å². The molecule has 1 aliphatic rings. The first kappa shape index (κ1) is 28.3. The van der Waals surface area contributed by atoms with Crippen LogP contribution in [0.4, 0.5) is 0 Å². The summed E-state index contributed by atoms with van der Waals surface area (Å²) in [6.07, 6.45) is 20.3. The van der Waals surface area contributed by atoms with Crippen LogP contribution in [0.5, 0.6) is 0 Å². The van der Waals surface area contributed by atoms with Crippen molar-refractivity contribution in [1.29, 1.82) is 0 Å². The summed E-state index contributed by atoms with van der Waals surface area (Å²) in [4.78, 5) is 0. The molecule has 4 aromatic rings. The predicted molar refractivity (Wildman–Crippen MR) is 174 cm³/mol. The maximum atomic E-state index is 5.62. The second-order valence-electron chi connectivity index (χ2n) is 11.7. The van der Waals surface area contributed by atoms with E-state index in [2.05, 4.69) is 103 Å². The molecule has 4 aromatic carbocycles. The summed E-state index contributed by atoms with van der Waals surface area (Å²) in [5.74, 6) is 7.25. The Morgan fingerprint density at radius 1 is 0.683 bits per heavy atom. The van der Waals surface area contributed by atoms with Crippen molar-refractivity contribution < 1.29 is 0 Å². The van der Waals surface area contributed by atoms with Crippen molar-refractivity contribution in [2.45, 2.75) is 57.3 Å². The Bertz CT molecular complexity index is 1500. The average Bonchev–Trinajstić information content (AvgIpc) is 3.03. The van der Waals surface area contributed by atoms with Gasteiger partial charge in [0.15, 0.2) is 0 Å². The Hall–Kier alpha value is -4.26. The molecule has 1 unspecified atom stereocenters. The second kappa shape index (κ2) is 13.9. The van der Waals surface area contributed by atoms with Crippen molar-refractivity contribution in [3.8, 4) is 24.7 Å². The first-order valence-corrected chi connectivity index (χ1v) is 15.0. The summed E-state index contributed by atoms with van der Waals surface area (Å²) >= 11 is 0. The highest BCUT2D eigenvalue weighted by atomic mass is 14.3. The molecule has 0 aromatic heterocycles. The van der Waals surface area contributed by atoms with Crippen LogP contribution in [0.25, 0.3) is 0 Å². The molecule has 1 aliphatic carbocycles. The lowest BCUT2D eigenvalue weighted by Crippen LogP contribution is -2.23. The number of terminal acetylenes is 2. The lowest BCUT2D eigenvalue weighted by atomic mass is 9.69. The van der Waals surface area contributed by atoms with Gasteiger partial charge >= 0.3 is 0 Å². The van der Waals surface area contributed by atoms with Gasteiger partial charge in [0, 0.05) is 17.0 Å². The minimum absolute atomic E-state index is 0.397. The zero-order valence-corrected chi connectivity index (χ0v) is 24.1. The number of allylic oxidation sites excluding steroid dienone is 1. The van der Waals surface area contributed by atoms with Gasteiger partial charge in [-0.2, -0.15) is 0 Å². The molecule has 0 amide bonds. The molecule has 0 N–H and O–H groups in total. The van der Waals surface area contributed by atoms with Crippen molar-refractivity contribution in [1.82, 2.24) is 0 Å². The highest BCUT2D eigenvalue weighted by molar-refractivity contribution is 5.39. The molecule has 0 heteroatoms. The molecule has 1 saturated carbocycles. The van der Waals surface area contributed by atoms with Crippen LogP contribution < -0.4 is 0 Å². The standard InChI is InChI=1S/C41H40/c1-4-32-16-18-35(19-17-32)29-36-20-24-39(25-21-36)41(31(3)14-15-34-10-7-6-8-11-34)40-26-22-37(23-27-40)30-38-13-9-12-33(5-2)28-38/h1-2,6-13,16-19,22-23,26-28,36,39,41H,3,14-15,20-21,24-25,29-30H2. The molecule has 0 radical (unpaired) electrons. The van der Waals surface area contributed by atoms with Gasteiger partial charge in [0.1, 0.15) is 0 Å². The van der Waals surface area contributed by atoms with Crippen LogP contribution in [0, 0.1) is 36.5 Å². The molecule has 0 aliphatic heterocycles. The molecular weight excluding hydrogens is 492 g/mol. The van der Waals surface area contributed by atoms with Crippen LogP contribution in [0.1, 0.15) is 77.0 Å². The second-order valence-corrected chi connectivity index (χ2v) is 11.7. The number of aryl methyl sites for hydroxylation is 1. The summed E-state index contributed by atoms with van der Waals surface area (Å²) in [7, 11) is 0. The Balaban J connectivity index is 1.28. The Kier molecular flexibility index (Phi) is 9.57. The van der Waals surface area contributed by atoms with E-state index < -0.39 is 0 Å². The molecule has 5 rings (SSSR count). The van der Waals surface area contributed by atoms with Crippen LogP contribution in [0.3, 0.4) is 0 Å². The molecule has 204 valence electrons. The maximum Gasteiger partial charge on any atom is 0.0245 e. The maximum absolute atomic E-state index is 5.62. The molecule has 0 nitrogen and oxygen atoms in total. The van der Waals surface area contributed by atoms with E-state index >= 15 is 0 Å². The van der Waals surface area contributed by atoms with E-state index in [1.807, 2.05) is 12.1 Å². The van der Waals surface area contributed by atoms with Gasteiger partial charge in [-0.25, -0.2) is 0 Å². The molecule has 1 atom stereocenters. The summed E-state index contributed by atoms with van der Waals surface area (Å²) in [5, 5.41) is 0.